The summed E-state index contributed by atoms with van der Waals surface area (Å²) in [7, 11) is -3.60. The summed E-state index contributed by atoms with van der Waals surface area (Å²) in [6.45, 7) is 1.45. The van der Waals surface area contributed by atoms with Crippen LogP contribution in [0, 0.1) is 11.3 Å². The second-order valence-electron chi connectivity index (χ2n) is 5.85. The third-order valence-corrected chi connectivity index (χ3v) is 6.02. The van der Waals surface area contributed by atoms with E-state index >= 15 is 0 Å². The Morgan fingerprint density at radius 3 is 2.65 bits per heavy atom. The van der Waals surface area contributed by atoms with Gasteiger partial charge < -0.3 is 9.15 Å². The minimum Gasteiger partial charge on any atom is -0.457 e. The van der Waals surface area contributed by atoms with E-state index < -0.39 is 21.7 Å². The molecule has 0 bridgehead atoms. The van der Waals surface area contributed by atoms with Crippen LogP contribution < -0.4 is 10.1 Å². The van der Waals surface area contributed by atoms with E-state index in [1.807, 2.05) is 0 Å². The molecule has 0 atom stereocenters. The molecule has 12 heteroatoms. The molecule has 0 aliphatic carbocycles. The van der Waals surface area contributed by atoms with Crippen LogP contribution in [0.3, 0.4) is 0 Å². The number of nitriles is 1. The van der Waals surface area contributed by atoms with Gasteiger partial charge in [0.25, 0.3) is 11.1 Å². The van der Waals surface area contributed by atoms with E-state index in [0.29, 0.717) is 17.1 Å². The molecule has 1 N–H and O–H groups in total. The van der Waals surface area contributed by atoms with E-state index in [1.165, 1.54) is 37.5 Å². The van der Waals surface area contributed by atoms with Gasteiger partial charge in [-0.05, 0) is 35.9 Å². The van der Waals surface area contributed by atoms with Crippen LogP contribution in [0.1, 0.15) is 23.0 Å². The number of hydrogen-bond acceptors (Lipinski definition) is 10. The number of sulfone groups is 1. The van der Waals surface area contributed by atoms with Gasteiger partial charge in [-0.15, -0.1) is 0 Å². The summed E-state index contributed by atoms with van der Waals surface area (Å²) in [5.74, 6) is -1.30. The average Bonchev–Trinajstić information content (AvgIpc) is 3.45. The van der Waals surface area contributed by atoms with Crippen LogP contribution in [0.2, 0.25) is 0 Å². The highest BCUT2D eigenvalue weighted by Crippen LogP contribution is 2.19. The summed E-state index contributed by atoms with van der Waals surface area (Å²) in [6, 6.07) is 10.9. The van der Waals surface area contributed by atoms with Gasteiger partial charge in [-0.25, -0.2) is 13.2 Å². The number of anilines is 1. The van der Waals surface area contributed by atoms with Crippen molar-refractivity contribution in [3.05, 3.63) is 59.6 Å². The fourth-order valence-electron chi connectivity index (χ4n) is 2.18. The Morgan fingerprint density at radius 2 is 2.03 bits per heavy atom. The number of carbonyl (C=O) groups excluding carboxylic acids is 2. The van der Waals surface area contributed by atoms with Crippen LogP contribution >= 0.6 is 11.5 Å². The van der Waals surface area contributed by atoms with E-state index in [1.54, 1.807) is 24.3 Å². The van der Waals surface area contributed by atoms with Gasteiger partial charge in [0.05, 0.1) is 12.0 Å². The number of esters is 1. The van der Waals surface area contributed by atoms with Gasteiger partial charge in [-0.1, -0.05) is 19.1 Å². The number of hydrogen-bond donors (Lipinski definition) is 1. The van der Waals surface area contributed by atoms with E-state index in [0.717, 1.165) is 0 Å². The predicted octanol–water partition coefficient (Wildman–Crippen LogP) is 2.69. The zero-order valence-corrected chi connectivity index (χ0v) is 17.6. The SMILES string of the molecule is CCS(=O)(=O)c1nsc(NC(=O)/C(C#N)=C\c2ccc(OC(=O)c3ccco3)cc2)n1. The lowest BCUT2D eigenvalue weighted by molar-refractivity contribution is -0.112. The summed E-state index contributed by atoms with van der Waals surface area (Å²) in [5.41, 5.74) is 0.256. The van der Waals surface area contributed by atoms with E-state index in [-0.39, 0.29) is 33.1 Å². The highest BCUT2D eigenvalue weighted by atomic mass is 32.2. The molecule has 0 fully saturated rings. The van der Waals surface area contributed by atoms with Crippen molar-refractivity contribution >= 4 is 44.5 Å². The van der Waals surface area contributed by atoms with Crippen LogP contribution in [0.4, 0.5) is 5.13 Å². The Hall–Kier alpha value is -3.82. The van der Waals surface area contributed by atoms with Crippen molar-refractivity contribution < 1.29 is 27.2 Å². The molecule has 31 heavy (non-hydrogen) atoms. The largest absolute Gasteiger partial charge is 0.457 e. The van der Waals surface area contributed by atoms with Crippen LogP contribution in [0.25, 0.3) is 6.08 Å². The highest BCUT2D eigenvalue weighted by molar-refractivity contribution is 7.91. The molecule has 10 nitrogen and oxygen atoms in total. The fraction of sp³-hybridized carbons (Fsp3) is 0.105. The minimum absolute atomic E-state index is 0.0432. The first-order chi connectivity index (χ1) is 14.8. The van der Waals surface area contributed by atoms with Gasteiger partial charge >= 0.3 is 5.97 Å². The van der Waals surface area contributed by atoms with Crippen molar-refractivity contribution in [1.29, 1.82) is 5.26 Å². The van der Waals surface area contributed by atoms with Crippen LogP contribution in [-0.4, -0.2) is 35.4 Å². The number of nitrogens with zero attached hydrogens (tertiary/aromatic N) is 3. The first-order valence-electron chi connectivity index (χ1n) is 8.67. The monoisotopic (exact) mass is 458 g/mol. The Labute approximate surface area is 180 Å². The molecular formula is C19H14N4O6S2. The molecule has 0 unspecified atom stereocenters. The van der Waals surface area contributed by atoms with E-state index in [4.69, 9.17) is 9.15 Å². The number of rotatable bonds is 7. The maximum absolute atomic E-state index is 12.3. The van der Waals surface area contributed by atoms with Gasteiger partial charge in [0.1, 0.15) is 17.4 Å². The smallest absolute Gasteiger partial charge is 0.379 e. The van der Waals surface area contributed by atoms with E-state index in [9.17, 15) is 23.3 Å². The minimum atomic E-state index is -3.60. The number of ether oxygens (including phenoxy) is 1. The van der Waals surface area contributed by atoms with Crippen molar-refractivity contribution in [3.63, 3.8) is 0 Å². The maximum Gasteiger partial charge on any atom is 0.379 e. The molecule has 0 saturated carbocycles. The molecule has 3 rings (SSSR count). The Kier molecular flexibility index (Phi) is 6.58. The van der Waals surface area contributed by atoms with Crippen molar-refractivity contribution in [2.75, 3.05) is 11.1 Å². The second-order valence-corrected chi connectivity index (χ2v) is 8.77. The molecular weight excluding hydrogens is 444 g/mol. The summed E-state index contributed by atoms with van der Waals surface area (Å²) in [6.07, 6.45) is 2.67. The molecule has 2 aromatic heterocycles. The first kappa shape index (κ1) is 21.9. The summed E-state index contributed by atoms with van der Waals surface area (Å²) < 4.78 is 37.3. The van der Waals surface area contributed by atoms with Gasteiger partial charge in [-0.3, -0.25) is 10.1 Å². The molecule has 1 amide bonds. The quantitative estimate of drug-likeness (QED) is 0.244. The molecule has 158 valence electrons. The number of benzene rings is 1. The van der Waals surface area contributed by atoms with Crippen molar-refractivity contribution in [2.24, 2.45) is 0 Å². The molecule has 0 radical (unpaired) electrons. The predicted molar refractivity (Wildman–Crippen MR) is 110 cm³/mol. The summed E-state index contributed by atoms with van der Waals surface area (Å²) >= 11 is 0.696. The van der Waals surface area contributed by atoms with Crippen LogP contribution in [0.5, 0.6) is 5.75 Å². The first-order valence-corrected chi connectivity index (χ1v) is 11.1. The number of nitrogens with one attached hydrogen (secondary N) is 1. The van der Waals surface area contributed by atoms with Crippen LogP contribution in [-0.2, 0) is 14.6 Å². The third kappa shape index (κ3) is 5.41. The Morgan fingerprint density at radius 1 is 1.29 bits per heavy atom. The van der Waals surface area contributed by atoms with Crippen LogP contribution in [0.15, 0.2) is 57.8 Å². The normalized spacial score (nSPS) is 11.5. The Bertz CT molecular complexity index is 1270. The number of aromatic nitrogens is 2. The number of amides is 1. The zero-order valence-electron chi connectivity index (χ0n) is 15.9. The van der Waals surface area contributed by atoms with Gasteiger partial charge in [0.15, 0.2) is 0 Å². The lowest BCUT2D eigenvalue weighted by Gasteiger charge is -2.03. The Balaban J connectivity index is 1.69. The van der Waals surface area contributed by atoms with Crippen molar-refractivity contribution in [2.45, 2.75) is 12.1 Å². The molecule has 1 aromatic carbocycles. The molecule has 3 aromatic rings. The van der Waals surface area contributed by atoms with E-state index in [2.05, 4.69) is 14.7 Å². The molecule has 2 heterocycles. The average molecular weight is 458 g/mol. The highest BCUT2D eigenvalue weighted by Gasteiger charge is 2.20. The maximum atomic E-state index is 12.3. The molecule has 0 spiro atoms. The lowest BCUT2D eigenvalue weighted by Crippen LogP contribution is -2.13. The summed E-state index contributed by atoms with van der Waals surface area (Å²) in [4.78, 5) is 28.0. The van der Waals surface area contributed by atoms with Gasteiger partial charge in [0.2, 0.25) is 20.7 Å². The van der Waals surface area contributed by atoms with Crippen molar-refractivity contribution in [1.82, 2.24) is 9.36 Å². The summed E-state index contributed by atoms with van der Waals surface area (Å²) in [5, 5.41) is 11.2. The number of carbonyl (C=O) groups is 2. The fourth-order valence-corrected chi connectivity index (χ4v) is 3.76. The second kappa shape index (κ2) is 9.33. The molecule has 0 saturated heterocycles. The zero-order chi connectivity index (χ0) is 22.4. The van der Waals surface area contributed by atoms with Gasteiger partial charge in [0, 0.05) is 11.5 Å². The lowest BCUT2D eigenvalue weighted by atomic mass is 10.1. The topological polar surface area (TPSA) is 152 Å². The number of furan rings is 1. The third-order valence-electron chi connectivity index (χ3n) is 3.78. The standard InChI is InChI=1S/C19H14N4O6S2/c1-2-31(26,27)19-22-18(30-23-19)21-16(24)13(11-20)10-12-5-7-14(8-6-12)29-17(25)15-4-3-9-28-15/h3-10H,2H2,1H3,(H,21,22,23,24)/b13-10-. The molecule has 0 aliphatic rings. The molecule has 0 aliphatic heterocycles. The van der Waals surface area contributed by atoms with Crippen molar-refractivity contribution in [3.8, 4) is 11.8 Å². The van der Waals surface area contributed by atoms with Gasteiger partial charge in [-0.2, -0.15) is 14.6 Å².